The molecule has 4 heteroatoms. The number of carbonyl (C=O) groups is 1. The second-order valence-electron chi connectivity index (χ2n) is 5.14. The third-order valence-electron chi connectivity index (χ3n) is 2.88. The molecule has 4 nitrogen and oxygen atoms in total. The lowest BCUT2D eigenvalue weighted by molar-refractivity contribution is 0.0672. The molecule has 0 fully saturated rings. The van der Waals surface area contributed by atoms with Crippen LogP contribution in [0.2, 0.25) is 0 Å². The first-order valence-corrected chi connectivity index (χ1v) is 6.53. The minimum absolute atomic E-state index is 0.0196. The van der Waals surface area contributed by atoms with Crippen LogP contribution in [0.4, 0.5) is 0 Å². The van der Waals surface area contributed by atoms with Gasteiger partial charge in [-0.1, -0.05) is 13.8 Å². The summed E-state index contributed by atoms with van der Waals surface area (Å²) in [5, 5.41) is 9.51. The molecule has 0 aliphatic rings. The first-order valence-electron chi connectivity index (χ1n) is 6.53. The van der Waals surface area contributed by atoms with E-state index in [0.29, 0.717) is 36.7 Å². The number of amides is 1. The maximum absolute atomic E-state index is 12.4. The van der Waals surface area contributed by atoms with E-state index in [4.69, 9.17) is 4.74 Å². The van der Waals surface area contributed by atoms with Gasteiger partial charge in [-0.2, -0.15) is 0 Å². The topological polar surface area (TPSA) is 49.8 Å². The molecular weight excluding hydrogens is 242 g/mol. The number of aromatic hydroxyl groups is 1. The van der Waals surface area contributed by atoms with Crippen molar-refractivity contribution in [3.8, 4) is 5.75 Å². The summed E-state index contributed by atoms with van der Waals surface area (Å²) < 4.78 is 5.05. The molecule has 0 bridgehead atoms. The normalized spacial score (nSPS) is 10.8. The Morgan fingerprint density at radius 1 is 1.42 bits per heavy atom. The van der Waals surface area contributed by atoms with E-state index >= 15 is 0 Å². The van der Waals surface area contributed by atoms with Gasteiger partial charge in [-0.3, -0.25) is 4.79 Å². The average Bonchev–Trinajstić information content (AvgIpc) is 2.36. The van der Waals surface area contributed by atoms with Crippen molar-refractivity contribution in [2.45, 2.75) is 20.8 Å². The van der Waals surface area contributed by atoms with Crippen molar-refractivity contribution in [2.75, 3.05) is 26.8 Å². The molecule has 0 atom stereocenters. The fourth-order valence-electron chi connectivity index (χ4n) is 1.89. The number of hydrogen-bond donors (Lipinski definition) is 1. The molecule has 0 saturated heterocycles. The molecule has 0 radical (unpaired) electrons. The molecule has 1 aromatic carbocycles. The van der Waals surface area contributed by atoms with Gasteiger partial charge in [0.1, 0.15) is 5.75 Å². The van der Waals surface area contributed by atoms with Crippen molar-refractivity contribution in [3.05, 3.63) is 29.3 Å². The summed E-state index contributed by atoms with van der Waals surface area (Å²) in [5.74, 6) is 0.594. The minimum atomic E-state index is -0.0196. The van der Waals surface area contributed by atoms with E-state index in [1.165, 1.54) is 0 Å². The highest BCUT2D eigenvalue weighted by atomic mass is 16.5. The van der Waals surface area contributed by atoms with Crippen LogP contribution < -0.4 is 0 Å². The Morgan fingerprint density at radius 3 is 2.63 bits per heavy atom. The smallest absolute Gasteiger partial charge is 0.253 e. The summed E-state index contributed by atoms with van der Waals surface area (Å²) in [5.41, 5.74) is 1.31. The lowest BCUT2D eigenvalue weighted by atomic mass is 10.1. The molecule has 0 aliphatic heterocycles. The number of methoxy groups -OCH3 is 1. The Balaban J connectivity index is 2.87. The molecule has 0 aliphatic carbocycles. The zero-order chi connectivity index (χ0) is 14.4. The molecule has 0 aromatic heterocycles. The van der Waals surface area contributed by atoms with Crippen LogP contribution in [0.1, 0.15) is 29.8 Å². The Labute approximate surface area is 115 Å². The number of phenols is 1. The Hall–Kier alpha value is -1.55. The number of carbonyl (C=O) groups excluding carboxylic acids is 1. The van der Waals surface area contributed by atoms with Gasteiger partial charge < -0.3 is 14.7 Å². The first-order chi connectivity index (χ1) is 8.95. The van der Waals surface area contributed by atoms with E-state index in [1.807, 2.05) is 0 Å². The highest BCUT2D eigenvalue weighted by Crippen LogP contribution is 2.18. The number of aryl methyl sites for hydroxylation is 1. The number of hydrogen-bond acceptors (Lipinski definition) is 3. The van der Waals surface area contributed by atoms with E-state index in [9.17, 15) is 9.90 Å². The lowest BCUT2D eigenvalue weighted by Gasteiger charge is -2.24. The van der Waals surface area contributed by atoms with Gasteiger partial charge in [-0.25, -0.2) is 0 Å². The lowest BCUT2D eigenvalue weighted by Crippen LogP contribution is -2.36. The molecule has 0 spiro atoms. The first kappa shape index (κ1) is 15.5. The van der Waals surface area contributed by atoms with E-state index in [1.54, 1.807) is 37.1 Å². The minimum Gasteiger partial charge on any atom is -0.508 e. The van der Waals surface area contributed by atoms with Crippen LogP contribution in [0.3, 0.4) is 0 Å². The summed E-state index contributed by atoms with van der Waals surface area (Å²) in [4.78, 5) is 14.2. The Bertz CT molecular complexity index is 429. The number of phenolic OH excluding ortho intramolecular Hbond substituents is 1. The summed E-state index contributed by atoms with van der Waals surface area (Å²) in [7, 11) is 1.63. The summed E-state index contributed by atoms with van der Waals surface area (Å²) in [6, 6.07) is 4.94. The third kappa shape index (κ3) is 4.56. The van der Waals surface area contributed by atoms with Crippen molar-refractivity contribution in [3.63, 3.8) is 0 Å². The summed E-state index contributed by atoms with van der Waals surface area (Å²) in [6.45, 7) is 7.74. The van der Waals surface area contributed by atoms with Crippen LogP contribution in [-0.4, -0.2) is 42.7 Å². The Morgan fingerprint density at radius 2 is 2.11 bits per heavy atom. The number of nitrogens with zero attached hydrogens (tertiary/aromatic N) is 1. The standard InChI is InChI=1S/C15H23NO3/c1-11(2)10-16(7-8-19-4)15(18)13-5-6-14(17)12(3)9-13/h5-6,9,11,17H,7-8,10H2,1-4H3. The van der Waals surface area contributed by atoms with Gasteiger partial charge >= 0.3 is 0 Å². The molecule has 1 amide bonds. The van der Waals surface area contributed by atoms with E-state index in [0.717, 1.165) is 0 Å². The van der Waals surface area contributed by atoms with E-state index in [-0.39, 0.29) is 11.7 Å². The monoisotopic (exact) mass is 265 g/mol. The second-order valence-corrected chi connectivity index (χ2v) is 5.14. The van der Waals surface area contributed by atoms with Gasteiger partial charge in [0, 0.05) is 25.8 Å². The Kier molecular flexibility index (Phi) is 5.83. The molecule has 1 rings (SSSR count). The highest BCUT2D eigenvalue weighted by molar-refractivity contribution is 5.94. The molecular formula is C15H23NO3. The van der Waals surface area contributed by atoms with Gasteiger partial charge in [0.25, 0.3) is 5.91 Å². The van der Waals surface area contributed by atoms with Crippen molar-refractivity contribution in [2.24, 2.45) is 5.92 Å². The van der Waals surface area contributed by atoms with Crippen molar-refractivity contribution in [1.29, 1.82) is 0 Å². The summed E-state index contributed by atoms with van der Waals surface area (Å²) >= 11 is 0. The van der Waals surface area contributed by atoms with Gasteiger partial charge in [-0.15, -0.1) is 0 Å². The van der Waals surface area contributed by atoms with Gasteiger partial charge in [0.2, 0.25) is 0 Å². The molecule has 1 N–H and O–H groups in total. The largest absolute Gasteiger partial charge is 0.508 e. The number of rotatable bonds is 6. The number of ether oxygens (including phenoxy) is 1. The third-order valence-corrected chi connectivity index (χ3v) is 2.88. The van der Waals surface area contributed by atoms with Crippen LogP contribution in [0.5, 0.6) is 5.75 Å². The van der Waals surface area contributed by atoms with E-state index in [2.05, 4.69) is 13.8 Å². The average molecular weight is 265 g/mol. The predicted octanol–water partition coefficient (Wildman–Crippen LogP) is 2.45. The second kappa shape index (κ2) is 7.14. The molecule has 0 unspecified atom stereocenters. The quantitative estimate of drug-likeness (QED) is 0.859. The fraction of sp³-hybridized carbons (Fsp3) is 0.533. The van der Waals surface area contributed by atoms with E-state index < -0.39 is 0 Å². The van der Waals surface area contributed by atoms with Crippen molar-refractivity contribution >= 4 is 5.91 Å². The van der Waals surface area contributed by atoms with Crippen molar-refractivity contribution in [1.82, 2.24) is 4.90 Å². The van der Waals surface area contributed by atoms with Gasteiger partial charge in [0.15, 0.2) is 0 Å². The molecule has 0 saturated carbocycles. The highest BCUT2D eigenvalue weighted by Gasteiger charge is 2.17. The fourth-order valence-corrected chi connectivity index (χ4v) is 1.89. The maximum Gasteiger partial charge on any atom is 0.253 e. The van der Waals surface area contributed by atoms with Gasteiger partial charge in [-0.05, 0) is 36.6 Å². The SMILES string of the molecule is COCCN(CC(C)C)C(=O)c1ccc(O)c(C)c1. The van der Waals surface area contributed by atoms with Gasteiger partial charge in [0.05, 0.1) is 6.61 Å². The molecule has 106 valence electrons. The summed E-state index contributed by atoms with van der Waals surface area (Å²) in [6.07, 6.45) is 0. The van der Waals surface area contributed by atoms with Crippen LogP contribution in [-0.2, 0) is 4.74 Å². The molecule has 0 heterocycles. The van der Waals surface area contributed by atoms with Crippen LogP contribution in [0.15, 0.2) is 18.2 Å². The maximum atomic E-state index is 12.4. The predicted molar refractivity (Wildman–Crippen MR) is 75.5 cm³/mol. The number of benzene rings is 1. The zero-order valence-corrected chi connectivity index (χ0v) is 12.1. The van der Waals surface area contributed by atoms with Crippen molar-refractivity contribution < 1.29 is 14.6 Å². The molecule has 19 heavy (non-hydrogen) atoms. The van der Waals surface area contributed by atoms with Crippen LogP contribution in [0, 0.1) is 12.8 Å². The molecule has 1 aromatic rings. The van der Waals surface area contributed by atoms with Crippen LogP contribution in [0.25, 0.3) is 0 Å². The van der Waals surface area contributed by atoms with Crippen LogP contribution >= 0.6 is 0 Å². The zero-order valence-electron chi connectivity index (χ0n) is 12.1.